The van der Waals surface area contributed by atoms with E-state index in [1.807, 2.05) is 17.0 Å². The fourth-order valence-electron chi connectivity index (χ4n) is 5.21. The number of aromatic nitrogens is 2. The molecular weight excluding hydrogens is 390 g/mol. The van der Waals surface area contributed by atoms with E-state index in [4.69, 9.17) is 11.6 Å². The summed E-state index contributed by atoms with van der Waals surface area (Å²) in [6, 6.07) is 6.04. The van der Waals surface area contributed by atoms with Gasteiger partial charge in [0.1, 0.15) is 6.54 Å². The molecule has 2 aliphatic carbocycles. The number of aromatic carboxylic acids is 1. The van der Waals surface area contributed by atoms with Crippen molar-refractivity contribution >= 4 is 23.5 Å². The van der Waals surface area contributed by atoms with Crippen LogP contribution in [0.5, 0.6) is 0 Å². The largest absolute Gasteiger partial charge is 0.476 e. The predicted molar refractivity (Wildman–Crippen MR) is 108 cm³/mol. The van der Waals surface area contributed by atoms with Gasteiger partial charge in [-0.2, -0.15) is 5.10 Å². The summed E-state index contributed by atoms with van der Waals surface area (Å²) < 4.78 is 1.65. The smallest absolute Gasteiger partial charge is 0.356 e. The van der Waals surface area contributed by atoms with Crippen LogP contribution in [0.3, 0.4) is 0 Å². The minimum absolute atomic E-state index is 0.0223. The molecule has 1 aromatic heterocycles. The molecule has 0 radical (unpaired) electrons. The Morgan fingerprint density at radius 3 is 2.76 bits per heavy atom. The number of benzene rings is 1. The monoisotopic (exact) mass is 413 g/mol. The van der Waals surface area contributed by atoms with Gasteiger partial charge in [0.25, 0.3) is 0 Å². The van der Waals surface area contributed by atoms with Gasteiger partial charge >= 0.3 is 5.97 Å². The van der Waals surface area contributed by atoms with Crippen LogP contribution in [-0.4, -0.2) is 44.8 Å². The highest BCUT2D eigenvalue weighted by Gasteiger charge is 2.50. The highest BCUT2D eigenvalue weighted by Crippen LogP contribution is 2.57. The Labute approximate surface area is 174 Å². The maximum atomic E-state index is 12.9. The Kier molecular flexibility index (Phi) is 4.42. The third-order valence-electron chi connectivity index (χ3n) is 6.93. The number of likely N-dealkylation sites (tertiary alicyclic amines) is 1. The number of hydrogen-bond acceptors (Lipinski definition) is 3. The SMILES string of the molecule is Cc1c(Cl)cccc1C1CCN(C(=O)Cn2nc(C(=O)O)c3c2CC2CC32)CC1. The van der Waals surface area contributed by atoms with Crippen molar-refractivity contribution in [2.45, 2.75) is 51.0 Å². The van der Waals surface area contributed by atoms with E-state index in [2.05, 4.69) is 18.1 Å². The van der Waals surface area contributed by atoms with E-state index >= 15 is 0 Å². The molecule has 1 aliphatic heterocycles. The molecule has 1 aromatic carbocycles. The quantitative estimate of drug-likeness (QED) is 0.830. The summed E-state index contributed by atoms with van der Waals surface area (Å²) in [6.45, 7) is 3.60. The summed E-state index contributed by atoms with van der Waals surface area (Å²) >= 11 is 6.27. The summed E-state index contributed by atoms with van der Waals surface area (Å²) in [7, 11) is 0. The number of fused-ring (bicyclic) bond motifs is 3. The first kappa shape index (κ1) is 18.7. The van der Waals surface area contributed by atoms with Crippen LogP contribution in [0.15, 0.2) is 18.2 Å². The molecule has 2 aromatic rings. The third-order valence-corrected chi connectivity index (χ3v) is 7.34. The van der Waals surface area contributed by atoms with Crippen molar-refractivity contribution in [1.29, 1.82) is 0 Å². The van der Waals surface area contributed by atoms with Gasteiger partial charge in [-0.3, -0.25) is 9.48 Å². The summed E-state index contributed by atoms with van der Waals surface area (Å²) in [6.07, 6.45) is 3.73. The van der Waals surface area contributed by atoms with Crippen LogP contribution >= 0.6 is 11.6 Å². The number of carbonyl (C=O) groups is 2. The first-order valence-corrected chi connectivity index (χ1v) is 10.7. The van der Waals surface area contributed by atoms with Gasteiger partial charge in [0.05, 0.1) is 0 Å². The molecule has 1 amide bonds. The van der Waals surface area contributed by atoms with E-state index in [-0.39, 0.29) is 18.1 Å². The molecule has 0 bridgehead atoms. The van der Waals surface area contributed by atoms with E-state index in [1.165, 1.54) is 5.56 Å². The molecule has 7 heteroatoms. The Balaban J connectivity index is 1.27. The number of amides is 1. The second kappa shape index (κ2) is 6.87. The molecule has 152 valence electrons. The average molecular weight is 414 g/mol. The summed E-state index contributed by atoms with van der Waals surface area (Å²) in [5.41, 5.74) is 4.39. The molecule has 29 heavy (non-hydrogen) atoms. The van der Waals surface area contributed by atoms with Gasteiger partial charge in [-0.1, -0.05) is 23.7 Å². The van der Waals surface area contributed by atoms with Gasteiger partial charge in [0.2, 0.25) is 5.91 Å². The zero-order chi connectivity index (χ0) is 20.3. The number of nitrogens with zero attached hydrogens (tertiary/aromatic N) is 3. The zero-order valence-electron chi connectivity index (χ0n) is 16.4. The minimum Gasteiger partial charge on any atom is -0.476 e. The maximum Gasteiger partial charge on any atom is 0.356 e. The van der Waals surface area contributed by atoms with Crippen molar-refractivity contribution in [1.82, 2.24) is 14.7 Å². The second-order valence-corrected chi connectivity index (χ2v) is 8.99. The summed E-state index contributed by atoms with van der Waals surface area (Å²) in [5.74, 6) is 0.347. The Hall–Kier alpha value is -2.34. The molecule has 5 rings (SSSR count). The van der Waals surface area contributed by atoms with E-state index in [0.29, 0.717) is 30.8 Å². The zero-order valence-corrected chi connectivity index (χ0v) is 17.2. The van der Waals surface area contributed by atoms with E-state index in [1.54, 1.807) is 4.68 Å². The van der Waals surface area contributed by atoms with Crippen LogP contribution in [0, 0.1) is 12.8 Å². The topological polar surface area (TPSA) is 75.4 Å². The van der Waals surface area contributed by atoms with Gasteiger partial charge in [-0.05, 0) is 67.6 Å². The van der Waals surface area contributed by atoms with Crippen LogP contribution < -0.4 is 0 Å². The number of rotatable bonds is 4. The summed E-state index contributed by atoms with van der Waals surface area (Å²) in [5, 5.41) is 14.6. The number of carboxylic acids is 1. The third kappa shape index (κ3) is 3.14. The minimum atomic E-state index is -0.988. The van der Waals surface area contributed by atoms with E-state index in [9.17, 15) is 14.7 Å². The highest BCUT2D eigenvalue weighted by atomic mass is 35.5. The lowest BCUT2D eigenvalue weighted by Gasteiger charge is -2.33. The lowest BCUT2D eigenvalue weighted by molar-refractivity contribution is -0.133. The molecule has 1 saturated carbocycles. The number of carbonyl (C=O) groups excluding carboxylic acids is 1. The molecule has 6 nitrogen and oxygen atoms in total. The lowest BCUT2D eigenvalue weighted by Crippen LogP contribution is -2.40. The Bertz CT molecular complexity index is 1010. The number of piperidine rings is 1. The first-order valence-electron chi connectivity index (χ1n) is 10.3. The van der Waals surface area contributed by atoms with Crippen molar-refractivity contribution in [3.63, 3.8) is 0 Å². The fourth-order valence-corrected chi connectivity index (χ4v) is 5.40. The molecular formula is C22H24ClN3O3. The first-order chi connectivity index (χ1) is 13.9. The maximum absolute atomic E-state index is 12.9. The van der Waals surface area contributed by atoms with Crippen LogP contribution in [0.1, 0.15) is 64.0 Å². The normalized spacial score (nSPS) is 23.0. The van der Waals surface area contributed by atoms with E-state index in [0.717, 1.165) is 47.5 Å². The summed E-state index contributed by atoms with van der Waals surface area (Å²) in [4.78, 5) is 26.4. The van der Waals surface area contributed by atoms with Crippen molar-refractivity contribution in [3.8, 4) is 0 Å². The molecule has 2 heterocycles. The molecule has 2 unspecified atom stereocenters. The van der Waals surface area contributed by atoms with Gasteiger partial charge in [-0.25, -0.2) is 4.79 Å². The molecule has 1 N–H and O–H groups in total. The van der Waals surface area contributed by atoms with Crippen LogP contribution in [0.25, 0.3) is 0 Å². The molecule has 2 atom stereocenters. The standard InChI is InChI=1S/C22H24ClN3O3/c1-12-15(3-2-4-17(12)23)13-5-7-25(8-6-13)19(27)11-26-18-10-14-9-16(14)20(18)21(24-26)22(28)29/h2-4,13-14,16H,5-11H2,1H3,(H,28,29). The molecule has 1 saturated heterocycles. The van der Waals surface area contributed by atoms with Crippen LogP contribution in [-0.2, 0) is 17.8 Å². The van der Waals surface area contributed by atoms with E-state index < -0.39 is 5.97 Å². The van der Waals surface area contributed by atoms with Crippen molar-refractivity contribution in [2.75, 3.05) is 13.1 Å². The van der Waals surface area contributed by atoms with Gasteiger partial charge in [0, 0.05) is 29.4 Å². The molecule has 0 spiro atoms. The van der Waals surface area contributed by atoms with Gasteiger partial charge in [-0.15, -0.1) is 0 Å². The number of carboxylic acid groups (broad SMARTS) is 1. The predicted octanol–water partition coefficient (Wildman–Crippen LogP) is 3.61. The number of hydrogen-bond donors (Lipinski definition) is 1. The molecule has 2 fully saturated rings. The fraction of sp³-hybridized carbons (Fsp3) is 0.500. The van der Waals surface area contributed by atoms with Gasteiger partial charge in [0.15, 0.2) is 5.69 Å². The van der Waals surface area contributed by atoms with Crippen molar-refractivity contribution < 1.29 is 14.7 Å². The number of halogens is 1. The van der Waals surface area contributed by atoms with Crippen molar-refractivity contribution in [2.24, 2.45) is 5.92 Å². The lowest BCUT2D eigenvalue weighted by atomic mass is 9.87. The average Bonchev–Trinajstić information content (AvgIpc) is 3.23. The highest BCUT2D eigenvalue weighted by molar-refractivity contribution is 6.31. The van der Waals surface area contributed by atoms with Crippen molar-refractivity contribution in [3.05, 3.63) is 51.3 Å². The van der Waals surface area contributed by atoms with Crippen LogP contribution in [0.2, 0.25) is 5.02 Å². The molecule has 3 aliphatic rings. The second-order valence-electron chi connectivity index (χ2n) is 8.59. The Morgan fingerprint density at radius 1 is 1.28 bits per heavy atom. The van der Waals surface area contributed by atoms with Gasteiger partial charge < -0.3 is 10.0 Å². The Morgan fingerprint density at radius 2 is 2.03 bits per heavy atom. The van der Waals surface area contributed by atoms with Crippen LogP contribution in [0.4, 0.5) is 0 Å².